The second-order valence-electron chi connectivity index (χ2n) is 11.8. The highest BCUT2D eigenvalue weighted by Crippen LogP contribution is 2.66. The Morgan fingerprint density at radius 2 is 1.79 bits per heavy atom. The Labute approximate surface area is 231 Å². The fourth-order valence-corrected chi connectivity index (χ4v) is 6.67. The molecule has 39 heavy (non-hydrogen) atoms. The Hall–Kier alpha value is -3.48. The molecule has 2 fully saturated rings. The summed E-state index contributed by atoms with van der Waals surface area (Å²) in [5.74, 6) is 0.328. The first kappa shape index (κ1) is 25.8. The van der Waals surface area contributed by atoms with Crippen LogP contribution in [0.5, 0.6) is 0 Å². The van der Waals surface area contributed by atoms with Crippen LogP contribution in [0.25, 0.3) is 23.1 Å². The van der Waals surface area contributed by atoms with Crippen molar-refractivity contribution in [3.63, 3.8) is 0 Å². The van der Waals surface area contributed by atoms with E-state index >= 15 is 0 Å². The maximum absolute atomic E-state index is 12.9. The number of amides is 1. The number of H-pyrrole nitrogens is 1. The zero-order chi connectivity index (χ0) is 27.3. The van der Waals surface area contributed by atoms with Crippen LogP contribution in [0.4, 0.5) is 0 Å². The Morgan fingerprint density at radius 1 is 1.05 bits per heavy atom. The lowest BCUT2D eigenvalue weighted by Gasteiger charge is -2.42. The van der Waals surface area contributed by atoms with Crippen LogP contribution in [0.2, 0.25) is 0 Å². The molecule has 202 valence electrons. The predicted octanol–water partition coefficient (Wildman–Crippen LogP) is 5.71. The van der Waals surface area contributed by atoms with Crippen molar-refractivity contribution < 1.29 is 4.79 Å². The fraction of sp³-hybridized carbons (Fsp3) is 0.394. The van der Waals surface area contributed by atoms with E-state index in [1.54, 1.807) is 0 Å². The van der Waals surface area contributed by atoms with Gasteiger partial charge in [-0.15, -0.1) is 0 Å². The number of allylic oxidation sites excluding steroid dienone is 3. The number of fused-ring (bicyclic) bond motifs is 1. The summed E-state index contributed by atoms with van der Waals surface area (Å²) in [7, 11) is 2.23. The van der Waals surface area contributed by atoms with Gasteiger partial charge in [0.15, 0.2) is 0 Å². The molecule has 0 radical (unpaired) electrons. The number of benzene rings is 2. The van der Waals surface area contributed by atoms with Crippen LogP contribution in [0.1, 0.15) is 62.4 Å². The zero-order valence-electron chi connectivity index (χ0n) is 23.7. The molecule has 6 rings (SSSR count). The molecule has 3 aromatic rings. The fourth-order valence-electron chi connectivity index (χ4n) is 6.67. The average molecular weight is 522 g/mol. The van der Waals surface area contributed by atoms with Crippen LogP contribution in [0, 0.1) is 5.41 Å². The van der Waals surface area contributed by atoms with Crippen molar-refractivity contribution in [1.82, 2.24) is 25.3 Å². The Morgan fingerprint density at radius 3 is 2.51 bits per heavy atom. The SMILES string of the molecule is CC=CC1=C(C)NC(=O)C12CC2c1ccc2c(/C=C/c3ccc(CN4CC(C)N(C)C(C)C4)cc3)n[nH]c2c1. The third kappa shape index (κ3) is 4.56. The maximum Gasteiger partial charge on any atom is 0.235 e. The number of piperazine rings is 1. The van der Waals surface area contributed by atoms with Crippen LogP contribution in [-0.2, 0) is 11.3 Å². The van der Waals surface area contributed by atoms with E-state index in [1.165, 1.54) is 11.1 Å². The lowest BCUT2D eigenvalue weighted by molar-refractivity contribution is -0.123. The van der Waals surface area contributed by atoms with Crippen LogP contribution in [-0.4, -0.2) is 58.1 Å². The van der Waals surface area contributed by atoms with Gasteiger partial charge in [-0.05, 0) is 75.6 Å². The monoisotopic (exact) mass is 521 g/mol. The van der Waals surface area contributed by atoms with Crippen LogP contribution >= 0.6 is 0 Å². The number of hydrogen-bond acceptors (Lipinski definition) is 4. The smallest absolute Gasteiger partial charge is 0.235 e. The molecular weight excluding hydrogens is 482 g/mol. The normalized spacial score (nSPS) is 28.0. The van der Waals surface area contributed by atoms with Crippen molar-refractivity contribution in [2.24, 2.45) is 5.41 Å². The molecule has 1 aromatic heterocycles. The minimum atomic E-state index is -0.417. The molecule has 2 N–H and O–H groups in total. The highest BCUT2D eigenvalue weighted by atomic mass is 16.2. The van der Waals surface area contributed by atoms with Gasteiger partial charge >= 0.3 is 0 Å². The van der Waals surface area contributed by atoms with Crippen LogP contribution in [0.3, 0.4) is 0 Å². The molecule has 1 saturated heterocycles. The number of carbonyl (C=O) groups is 1. The molecule has 3 aliphatic rings. The van der Waals surface area contributed by atoms with Gasteiger partial charge in [-0.3, -0.25) is 19.7 Å². The van der Waals surface area contributed by atoms with Gasteiger partial charge in [-0.25, -0.2) is 0 Å². The minimum Gasteiger partial charge on any atom is -0.329 e. The molecule has 3 heterocycles. The number of rotatable bonds is 6. The van der Waals surface area contributed by atoms with Crippen molar-refractivity contribution in [2.45, 2.75) is 58.7 Å². The minimum absolute atomic E-state index is 0.130. The molecule has 4 atom stereocenters. The summed E-state index contributed by atoms with van der Waals surface area (Å²) in [6, 6.07) is 16.5. The molecule has 4 unspecified atom stereocenters. The number of nitrogens with one attached hydrogen (secondary N) is 2. The summed E-state index contributed by atoms with van der Waals surface area (Å²) in [5.41, 5.74) is 7.33. The highest BCUT2D eigenvalue weighted by Gasteiger charge is 2.65. The highest BCUT2D eigenvalue weighted by molar-refractivity contribution is 5.97. The average Bonchev–Trinajstić information content (AvgIpc) is 3.48. The first-order chi connectivity index (χ1) is 18.8. The van der Waals surface area contributed by atoms with Crippen LogP contribution < -0.4 is 5.32 Å². The van der Waals surface area contributed by atoms with E-state index in [2.05, 4.69) is 107 Å². The summed E-state index contributed by atoms with van der Waals surface area (Å²) in [4.78, 5) is 17.9. The van der Waals surface area contributed by atoms with Crippen molar-refractivity contribution in [3.05, 3.63) is 88.3 Å². The van der Waals surface area contributed by atoms with Gasteiger partial charge in [0.1, 0.15) is 0 Å². The molecule has 0 bridgehead atoms. The first-order valence-electron chi connectivity index (χ1n) is 14.1. The van der Waals surface area contributed by atoms with E-state index in [0.717, 1.165) is 59.5 Å². The van der Waals surface area contributed by atoms with Gasteiger partial charge in [0.25, 0.3) is 0 Å². The van der Waals surface area contributed by atoms with Crippen molar-refractivity contribution in [1.29, 1.82) is 0 Å². The molecule has 2 aromatic carbocycles. The summed E-state index contributed by atoms with van der Waals surface area (Å²) in [6.45, 7) is 11.8. The van der Waals surface area contributed by atoms with Crippen molar-refractivity contribution in [3.8, 4) is 0 Å². The Bertz CT molecular complexity index is 1480. The van der Waals surface area contributed by atoms with Gasteiger partial charge in [-0.2, -0.15) is 5.10 Å². The van der Waals surface area contributed by atoms with Gasteiger partial charge in [0, 0.05) is 48.7 Å². The molecule has 1 saturated carbocycles. The topological polar surface area (TPSA) is 64.3 Å². The lowest BCUT2D eigenvalue weighted by atomic mass is 9.90. The Balaban J connectivity index is 1.14. The molecular formula is C33H39N5O. The van der Waals surface area contributed by atoms with E-state index in [1.807, 2.05) is 19.9 Å². The second-order valence-corrected chi connectivity index (χ2v) is 11.8. The summed E-state index contributed by atoms with van der Waals surface area (Å²) < 4.78 is 0. The molecule has 1 amide bonds. The molecule has 2 aliphatic heterocycles. The van der Waals surface area contributed by atoms with E-state index in [0.29, 0.717) is 12.1 Å². The number of aromatic nitrogens is 2. The van der Waals surface area contributed by atoms with Gasteiger partial charge in [0.2, 0.25) is 5.91 Å². The maximum atomic E-state index is 12.9. The first-order valence-corrected chi connectivity index (χ1v) is 14.1. The molecule has 6 heteroatoms. The number of carbonyl (C=O) groups excluding carboxylic acids is 1. The van der Waals surface area contributed by atoms with E-state index in [-0.39, 0.29) is 11.8 Å². The summed E-state index contributed by atoms with van der Waals surface area (Å²) >= 11 is 0. The number of hydrogen-bond donors (Lipinski definition) is 2. The van der Waals surface area contributed by atoms with Crippen molar-refractivity contribution >= 4 is 29.0 Å². The predicted molar refractivity (Wildman–Crippen MR) is 159 cm³/mol. The summed E-state index contributed by atoms with van der Waals surface area (Å²) in [5, 5.41) is 12.0. The van der Waals surface area contributed by atoms with Gasteiger partial charge in [-0.1, -0.05) is 54.6 Å². The van der Waals surface area contributed by atoms with E-state index < -0.39 is 5.41 Å². The summed E-state index contributed by atoms with van der Waals surface area (Å²) in [6.07, 6.45) is 9.17. The molecule has 1 aliphatic carbocycles. The van der Waals surface area contributed by atoms with E-state index in [4.69, 9.17) is 0 Å². The van der Waals surface area contributed by atoms with Gasteiger partial charge < -0.3 is 5.32 Å². The van der Waals surface area contributed by atoms with Crippen LogP contribution in [0.15, 0.2) is 65.9 Å². The number of nitrogens with zero attached hydrogens (tertiary/aromatic N) is 3. The van der Waals surface area contributed by atoms with Crippen molar-refractivity contribution in [2.75, 3.05) is 20.1 Å². The zero-order valence-corrected chi connectivity index (χ0v) is 23.7. The largest absolute Gasteiger partial charge is 0.329 e. The molecule has 1 spiro atoms. The van der Waals surface area contributed by atoms with E-state index in [9.17, 15) is 4.79 Å². The quantitative estimate of drug-likeness (QED) is 0.436. The molecule has 6 nitrogen and oxygen atoms in total. The Kier molecular flexibility index (Phi) is 6.56. The number of aromatic amines is 1. The lowest BCUT2D eigenvalue weighted by Crippen LogP contribution is -2.54. The van der Waals surface area contributed by atoms with Gasteiger partial charge in [0.05, 0.1) is 16.6 Å². The third-order valence-corrected chi connectivity index (χ3v) is 9.16. The third-order valence-electron chi connectivity index (χ3n) is 9.16. The number of likely N-dealkylation sites (N-methyl/N-ethyl adjacent to an activating group) is 1. The second kappa shape index (κ2) is 9.92. The standard InChI is InChI=1S/C33H39N5O/c1-6-7-28-23(4)34-32(39)33(28)17-29(33)26-13-14-27-30(35-36-31(27)16-26)15-12-24-8-10-25(11-9-24)20-38-18-21(2)37(5)22(3)19-38/h6-16,21-22,29H,17-20H2,1-5H3,(H,34,39)(H,35,36)/b7-6?,15-12+.